The number of aromatic nitrogens is 2. The predicted octanol–water partition coefficient (Wildman–Crippen LogP) is 0.755. The molecule has 1 aromatic rings. The Labute approximate surface area is 102 Å². The average Bonchev–Trinajstić information content (AvgIpc) is 2.24. The quantitative estimate of drug-likeness (QED) is 0.702. The van der Waals surface area contributed by atoms with Crippen LogP contribution in [0.25, 0.3) is 0 Å². The number of nitrogens with one attached hydrogen (secondary N) is 2. The Morgan fingerprint density at radius 1 is 1.24 bits per heavy atom. The van der Waals surface area contributed by atoms with Crippen molar-refractivity contribution in [3.8, 4) is 0 Å². The van der Waals surface area contributed by atoms with Gasteiger partial charge in [-0.2, -0.15) is 0 Å². The van der Waals surface area contributed by atoms with E-state index in [9.17, 15) is 8.42 Å². The highest BCUT2D eigenvalue weighted by Crippen LogP contribution is 2.06. The van der Waals surface area contributed by atoms with E-state index >= 15 is 0 Å². The molecule has 0 spiro atoms. The molecule has 0 amide bonds. The summed E-state index contributed by atoms with van der Waals surface area (Å²) in [6.45, 7) is 3.33. The summed E-state index contributed by atoms with van der Waals surface area (Å²) in [4.78, 5) is 8.29. The standard InChI is InChI=1S/C10H18N4O2S/c1-3-12-9-7-11-8-10(14-9)13-5-4-6-17(2,15)16/h7-8H,3-6H2,1-2H3,(H2,12,13,14). The van der Waals surface area contributed by atoms with Crippen LogP contribution in [0.5, 0.6) is 0 Å². The number of hydrogen-bond donors (Lipinski definition) is 2. The van der Waals surface area contributed by atoms with Gasteiger partial charge < -0.3 is 10.6 Å². The van der Waals surface area contributed by atoms with Crippen LogP contribution in [0.1, 0.15) is 13.3 Å². The van der Waals surface area contributed by atoms with Crippen LogP contribution >= 0.6 is 0 Å². The monoisotopic (exact) mass is 258 g/mol. The molecule has 96 valence electrons. The third kappa shape index (κ3) is 6.06. The Morgan fingerprint density at radius 2 is 1.88 bits per heavy atom. The summed E-state index contributed by atoms with van der Waals surface area (Å²) in [7, 11) is -2.88. The van der Waals surface area contributed by atoms with Gasteiger partial charge in [-0.15, -0.1) is 0 Å². The van der Waals surface area contributed by atoms with Gasteiger partial charge in [-0.1, -0.05) is 0 Å². The molecule has 1 aromatic heterocycles. The molecule has 0 aliphatic rings. The van der Waals surface area contributed by atoms with Gasteiger partial charge in [-0.05, 0) is 13.3 Å². The minimum atomic E-state index is -2.88. The molecule has 2 N–H and O–H groups in total. The van der Waals surface area contributed by atoms with Crippen LogP contribution in [-0.4, -0.2) is 43.5 Å². The molecule has 0 fully saturated rings. The lowest BCUT2D eigenvalue weighted by Gasteiger charge is -2.06. The van der Waals surface area contributed by atoms with Crippen molar-refractivity contribution in [2.24, 2.45) is 0 Å². The SMILES string of the molecule is CCNc1cncc(NCCCS(C)(=O)=O)n1. The third-order valence-corrected chi connectivity index (χ3v) is 3.02. The van der Waals surface area contributed by atoms with E-state index in [1.54, 1.807) is 12.4 Å². The van der Waals surface area contributed by atoms with Gasteiger partial charge in [-0.3, -0.25) is 4.98 Å². The smallest absolute Gasteiger partial charge is 0.147 e. The Balaban J connectivity index is 2.38. The second kappa shape index (κ2) is 6.39. The lowest BCUT2D eigenvalue weighted by molar-refractivity contribution is 0.600. The van der Waals surface area contributed by atoms with Crippen LogP contribution < -0.4 is 10.6 Å². The van der Waals surface area contributed by atoms with Crippen LogP contribution in [0.2, 0.25) is 0 Å². The van der Waals surface area contributed by atoms with E-state index in [1.807, 2.05) is 6.92 Å². The molecule has 1 heterocycles. The zero-order valence-electron chi connectivity index (χ0n) is 10.1. The van der Waals surface area contributed by atoms with Crippen LogP contribution in [0.15, 0.2) is 12.4 Å². The second-order valence-corrected chi connectivity index (χ2v) is 5.99. The van der Waals surface area contributed by atoms with Crippen molar-refractivity contribution in [3.05, 3.63) is 12.4 Å². The zero-order valence-corrected chi connectivity index (χ0v) is 10.9. The fourth-order valence-corrected chi connectivity index (χ4v) is 1.94. The molecule has 0 bridgehead atoms. The summed E-state index contributed by atoms with van der Waals surface area (Å²) < 4.78 is 21.8. The topological polar surface area (TPSA) is 84.0 Å². The van der Waals surface area contributed by atoms with Crippen LogP contribution in [0, 0.1) is 0 Å². The van der Waals surface area contributed by atoms with Crippen molar-refractivity contribution < 1.29 is 8.42 Å². The summed E-state index contributed by atoms with van der Waals surface area (Å²) in [6, 6.07) is 0. The molecule has 0 aliphatic heterocycles. The van der Waals surface area contributed by atoms with Crippen molar-refractivity contribution in [1.82, 2.24) is 9.97 Å². The highest BCUT2D eigenvalue weighted by atomic mass is 32.2. The highest BCUT2D eigenvalue weighted by molar-refractivity contribution is 7.90. The van der Waals surface area contributed by atoms with Crippen molar-refractivity contribution in [2.75, 3.05) is 35.7 Å². The first-order valence-corrected chi connectivity index (χ1v) is 7.55. The Bertz CT molecular complexity index is 447. The number of anilines is 2. The Kier molecular flexibility index (Phi) is 5.14. The first-order chi connectivity index (χ1) is 8.01. The van der Waals surface area contributed by atoms with Gasteiger partial charge in [-0.25, -0.2) is 13.4 Å². The number of sulfone groups is 1. The average molecular weight is 258 g/mol. The van der Waals surface area contributed by atoms with E-state index in [0.29, 0.717) is 24.6 Å². The predicted molar refractivity (Wildman–Crippen MR) is 69.0 cm³/mol. The number of nitrogens with zero attached hydrogens (tertiary/aromatic N) is 2. The van der Waals surface area contributed by atoms with Crippen LogP contribution in [0.3, 0.4) is 0 Å². The first kappa shape index (κ1) is 13.7. The molecule has 1 rings (SSSR count). The van der Waals surface area contributed by atoms with E-state index < -0.39 is 9.84 Å². The van der Waals surface area contributed by atoms with Crippen LogP contribution in [-0.2, 0) is 9.84 Å². The van der Waals surface area contributed by atoms with E-state index in [1.165, 1.54) is 6.26 Å². The van der Waals surface area contributed by atoms with E-state index in [4.69, 9.17) is 0 Å². The van der Waals surface area contributed by atoms with Gasteiger partial charge in [0, 0.05) is 19.3 Å². The molecule has 6 nitrogen and oxygen atoms in total. The first-order valence-electron chi connectivity index (χ1n) is 5.49. The maximum absolute atomic E-state index is 10.9. The fraction of sp³-hybridized carbons (Fsp3) is 0.600. The molecule has 7 heteroatoms. The van der Waals surface area contributed by atoms with Gasteiger partial charge in [0.25, 0.3) is 0 Å². The molecular formula is C10H18N4O2S. The largest absolute Gasteiger partial charge is 0.369 e. The maximum atomic E-state index is 10.9. The lowest BCUT2D eigenvalue weighted by atomic mass is 10.5. The van der Waals surface area contributed by atoms with Gasteiger partial charge in [0.05, 0.1) is 18.1 Å². The molecular weight excluding hydrogens is 240 g/mol. The highest BCUT2D eigenvalue weighted by Gasteiger charge is 2.02. The summed E-state index contributed by atoms with van der Waals surface area (Å²) >= 11 is 0. The normalized spacial score (nSPS) is 11.2. The molecule has 0 saturated heterocycles. The summed E-state index contributed by atoms with van der Waals surface area (Å²) in [5, 5.41) is 6.09. The maximum Gasteiger partial charge on any atom is 0.147 e. The van der Waals surface area contributed by atoms with E-state index in [0.717, 1.165) is 6.54 Å². The number of hydrogen-bond acceptors (Lipinski definition) is 6. The second-order valence-electron chi connectivity index (χ2n) is 3.73. The van der Waals surface area contributed by atoms with Gasteiger partial charge >= 0.3 is 0 Å². The fourth-order valence-electron chi connectivity index (χ4n) is 1.27. The summed E-state index contributed by atoms with van der Waals surface area (Å²) in [6.07, 6.45) is 5.05. The van der Waals surface area contributed by atoms with Crippen molar-refractivity contribution in [3.63, 3.8) is 0 Å². The van der Waals surface area contributed by atoms with Crippen molar-refractivity contribution in [1.29, 1.82) is 0 Å². The number of rotatable bonds is 7. The molecule has 0 unspecified atom stereocenters. The molecule has 0 atom stereocenters. The van der Waals surface area contributed by atoms with E-state index in [-0.39, 0.29) is 5.75 Å². The zero-order chi connectivity index (χ0) is 12.7. The molecule has 0 aliphatic carbocycles. The molecule has 17 heavy (non-hydrogen) atoms. The summed E-state index contributed by atoms with van der Waals surface area (Å²) in [5.41, 5.74) is 0. The van der Waals surface area contributed by atoms with Gasteiger partial charge in [0.1, 0.15) is 21.5 Å². The van der Waals surface area contributed by atoms with Crippen molar-refractivity contribution >= 4 is 21.5 Å². The minimum Gasteiger partial charge on any atom is -0.369 e. The van der Waals surface area contributed by atoms with Crippen LogP contribution in [0.4, 0.5) is 11.6 Å². The third-order valence-electron chi connectivity index (χ3n) is 1.99. The lowest BCUT2D eigenvalue weighted by Crippen LogP contribution is -2.11. The molecule has 0 radical (unpaired) electrons. The Hall–Kier alpha value is -1.37. The Morgan fingerprint density at radius 3 is 2.47 bits per heavy atom. The molecule has 0 aromatic carbocycles. The van der Waals surface area contributed by atoms with Gasteiger partial charge in [0.2, 0.25) is 0 Å². The minimum absolute atomic E-state index is 0.181. The van der Waals surface area contributed by atoms with Crippen molar-refractivity contribution in [2.45, 2.75) is 13.3 Å². The molecule has 0 saturated carbocycles. The summed E-state index contributed by atoms with van der Waals surface area (Å²) in [5.74, 6) is 1.54. The van der Waals surface area contributed by atoms with E-state index in [2.05, 4.69) is 20.6 Å². The van der Waals surface area contributed by atoms with Gasteiger partial charge in [0.15, 0.2) is 0 Å².